The number of rotatable bonds is 5. The average molecular weight is 256 g/mol. The lowest BCUT2D eigenvalue weighted by Crippen LogP contribution is -2.10. The quantitative estimate of drug-likeness (QED) is 0.823. The predicted molar refractivity (Wildman–Crippen MR) is 71.6 cm³/mol. The molecule has 0 aliphatic heterocycles. The van der Waals surface area contributed by atoms with Crippen molar-refractivity contribution < 1.29 is 0 Å². The van der Waals surface area contributed by atoms with E-state index in [2.05, 4.69) is 26.6 Å². The number of nitrogens with zero attached hydrogens (tertiary/aromatic N) is 5. The predicted octanol–water partition coefficient (Wildman–Crippen LogP) is 1.66. The Bertz CT molecular complexity index is 582. The number of aromatic nitrogens is 4. The summed E-state index contributed by atoms with van der Waals surface area (Å²) in [6.07, 6.45) is 6.40. The fourth-order valence-corrected chi connectivity index (χ4v) is 1.76. The first kappa shape index (κ1) is 13.0. The lowest BCUT2D eigenvalue weighted by Gasteiger charge is -2.09. The van der Waals surface area contributed by atoms with Crippen LogP contribution >= 0.6 is 0 Å². The lowest BCUT2D eigenvalue weighted by atomic mass is 10.1. The van der Waals surface area contributed by atoms with Gasteiger partial charge in [0.15, 0.2) is 5.82 Å². The number of imidazole rings is 1. The van der Waals surface area contributed by atoms with Gasteiger partial charge < -0.3 is 9.88 Å². The van der Waals surface area contributed by atoms with Crippen LogP contribution in [0, 0.1) is 25.2 Å². The molecule has 0 radical (unpaired) electrons. The Balaban J connectivity index is 1.93. The molecule has 2 aromatic rings. The average Bonchev–Trinajstić information content (AvgIpc) is 2.92. The first-order valence-corrected chi connectivity index (χ1v) is 6.16. The summed E-state index contributed by atoms with van der Waals surface area (Å²) in [5.41, 5.74) is 2.25. The molecule has 6 nitrogen and oxygen atoms in total. The molecule has 2 rings (SSSR count). The standard InChI is InChI=1S/C13H16N6/c1-10-11(2)17-18-13(12(10)8-14)16-4-3-6-19-7-5-15-9-19/h5,7,9H,3-4,6H2,1-2H3,(H,16,18). The first-order chi connectivity index (χ1) is 9.22. The summed E-state index contributed by atoms with van der Waals surface area (Å²) in [7, 11) is 0. The molecule has 1 N–H and O–H groups in total. The van der Waals surface area contributed by atoms with Gasteiger partial charge in [-0.3, -0.25) is 0 Å². The Morgan fingerprint density at radius 3 is 2.89 bits per heavy atom. The van der Waals surface area contributed by atoms with Crippen LogP contribution in [-0.4, -0.2) is 26.3 Å². The smallest absolute Gasteiger partial charge is 0.166 e. The van der Waals surface area contributed by atoms with Crippen molar-refractivity contribution in [2.75, 3.05) is 11.9 Å². The van der Waals surface area contributed by atoms with Gasteiger partial charge in [-0.25, -0.2) is 4.98 Å². The zero-order valence-corrected chi connectivity index (χ0v) is 11.1. The van der Waals surface area contributed by atoms with E-state index in [0.29, 0.717) is 11.4 Å². The van der Waals surface area contributed by atoms with Crippen LogP contribution in [0.15, 0.2) is 18.7 Å². The Kier molecular flexibility index (Phi) is 4.08. The highest BCUT2D eigenvalue weighted by Gasteiger charge is 2.09. The number of nitriles is 1. The third-order valence-corrected chi connectivity index (χ3v) is 3.01. The molecule has 0 aliphatic carbocycles. The van der Waals surface area contributed by atoms with Crippen LogP contribution in [0.5, 0.6) is 0 Å². The van der Waals surface area contributed by atoms with E-state index in [1.54, 1.807) is 12.5 Å². The van der Waals surface area contributed by atoms with E-state index in [0.717, 1.165) is 30.8 Å². The topological polar surface area (TPSA) is 79.4 Å². The van der Waals surface area contributed by atoms with Crippen molar-refractivity contribution in [1.82, 2.24) is 19.7 Å². The second-order valence-electron chi connectivity index (χ2n) is 4.33. The number of hydrogen-bond acceptors (Lipinski definition) is 5. The summed E-state index contributed by atoms with van der Waals surface area (Å²) in [5, 5.41) is 20.4. The summed E-state index contributed by atoms with van der Waals surface area (Å²) < 4.78 is 2.01. The molecular weight excluding hydrogens is 240 g/mol. The van der Waals surface area contributed by atoms with Crippen molar-refractivity contribution in [3.63, 3.8) is 0 Å². The van der Waals surface area contributed by atoms with Crippen molar-refractivity contribution >= 4 is 5.82 Å². The van der Waals surface area contributed by atoms with Gasteiger partial charge >= 0.3 is 0 Å². The first-order valence-electron chi connectivity index (χ1n) is 6.16. The molecule has 98 valence electrons. The van der Waals surface area contributed by atoms with Gasteiger partial charge in [0.05, 0.1) is 12.0 Å². The van der Waals surface area contributed by atoms with Crippen molar-refractivity contribution in [3.05, 3.63) is 35.5 Å². The summed E-state index contributed by atoms with van der Waals surface area (Å²) in [5.74, 6) is 0.566. The molecule has 0 aliphatic rings. The van der Waals surface area contributed by atoms with E-state index in [1.807, 2.05) is 24.6 Å². The van der Waals surface area contributed by atoms with Gasteiger partial charge in [0.1, 0.15) is 11.6 Å². The Hall–Kier alpha value is -2.42. The molecule has 2 heterocycles. The largest absolute Gasteiger partial charge is 0.367 e. The minimum atomic E-state index is 0.566. The zero-order valence-electron chi connectivity index (χ0n) is 11.1. The molecule has 0 aromatic carbocycles. The van der Waals surface area contributed by atoms with Gasteiger partial charge in [0.25, 0.3) is 0 Å². The number of hydrogen-bond donors (Lipinski definition) is 1. The van der Waals surface area contributed by atoms with Gasteiger partial charge in [0, 0.05) is 25.5 Å². The van der Waals surface area contributed by atoms with Crippen molar-refractivity contribution in [2.45, 2.75) is 26.8 Å². The number of nitrogens with one attached hydrogen (secondary N) is 1. The SMILES string of the molecule is Cc1nnc(NCCCn2ccnc2)c(C#N)c1C. The molecule has 0 atom stereocenters. The van der Waals surface area contributed by atoms with E-state index >= 15 is 0 Å². The van der Waals surface area contributed by atoms with Crippen LogP contribution < -0.4 is 5.32 Å². The van der Waals surface area contributed by atoms with Crippen LogP contribution in [0.3, 0.4) is 0 Å². The maximum absolute atomic E-state index is 9.16. The minimum Gasteiger partial charge on any atom is -0.367 e. The highest BCUT2D eigenvalue weighted by molar-refractivity contribution is 5.55. The molecule has 0 fully saturated rings. The normalized spacial score (nSPS) is 10.2. The maximum Gasteiger partial charge on any atom is 0.166 e. The van der Waals surface area contributed by atoms with E-state index in [-0.39, 0.29) is 0 Å². The van der Waals surface area contributed by atoms with Crippen LogP contribution in [-0.2, 0) is 6.54 Å². The molecule has 6 heteroatoms. The van der Waals surface area contributed by atoms with Crippen molar-refractivity contribution in [2.24, 2.45) is 0 Å². The summed E-state index contributed by atoms with van der Waals surface area (Å²) >= 11 is 0. The Labute approximate surface area is 112 Å². The van der Waals surface area contributed by atoms with E-state index in [1.165, 1.54) is 0 Å². The van der Waals surface area contributed by atoms with Crippen molar-refractivity contribution in [1.29, 1.82) is 5.26 Å². The third kappa shape index (κ3) is 3.07. The van der Waals surface area contributed by atoms with Crippen LogP contribution in [0.4, 0.5) is 5.82 Å². The van der Waals surface area contributed by atoms with Gasteiger partial charge in [-0.1, -0.05) is 0 Å². The Morgan fingerprint density at radius 1 is 1.37 bits per heavy atom. The summed E-state index contributed by atoms with van der Waals surface area (Å²) in [6, 6.07) is 2.18. The number of aryl methyl sites for hydroxylation is 2. The molecule has 0 saturated heterocycles. The van der Waals surface area contributed by atoms with Crippen LogP contribution in [0.25, 0.3) is 0 Å². The highest BCUT2D eigenvalue weighted by atomic mass is 15.2. The third-order valence-electron chi connectivity index (χ3n) is 3.01. The van der Waals surface area contributed by atoms with E-state index < -0.39 is 0 Å². The molecule has 0 amide bonds. The van der Waals surface area contributed by atoms with E-state index in [4.69, 9.17) is 5.26 Å². The van der Waals surface area contributed by atoms with Crippen LogP contribution in [0.1, 0.15) is 23.2 Å². The maximum atomic E-state index is 9.16. The lowest BCUT2D eigenvalue weighted by molar-refractivity contribution is 0.659. The van der Waals surface area contributed by atoms with Gasteiger partial charge in [-0.2, -0.15) is 10.4 Å². The zero-order chi connectivity index (χ0) is 13.7. The molecule has 0 unspecified atom stereocenters. The Morgan fingerprint density at radius 2 is 2.21 bits per heavy atom. The monoisotopic (exact) mass is 256 g/mol. The molecular formula is C13H16N6. The van der Waals surface area contributed by atoms with Crippen LogP contribution in [0.2, 0.25) is 0 Å². The highest BCUT2D eigenvalue weighted by Crippen LogP contribution is 2.16. The van der Waals surface area contributed by atoms with Gasteiger partial charge in [-0.15, -0.1) is 5.10 Å². The molecule has 0 spiro atoms. The minimum absolute atomic E-state index is 0.566. The molecule has 2 aromatic heterocycles. The fraction of sp³-hybridized carbons (Fsp3) is 0.385. The summed E-state index contributed by atoms with van der Waals surface area (Å²) in [6.45, 7) is 5.36. The van der Waals surface area contributed by atoms with E-state index in [9.17, 15) is 0 Å². The fourth-order valence-electron chi connectivity index (χ4n) is 1.76. The number of anilines is 1. The van der Waals surface area contributed by atoms with Crippen molar-refractivity contribution in [3.8, 4) is 6.07 Å². The van der Waals surface area contributed by atoms with Gasteiger partial charge in [0.2, 0.25) is 0 Å². The second-order valence-corrected chi connectivity index (χ2v) is 4.33. The van der Waals surface area contributed by atoms with Gasteiger partial charge in [-0.05, 0) is 25.8 Å². The molecule has 19 heavy (non-hydrogen) atoms. The molecule has 0 saturated carbocycles. The summed E-state index contributed by atoms with van der Waals surface area (Å²) in [4.78, 5) is 3.98. The second kappa shape index (κ2) is 5.96. The molecule has 0 bridgehead atoms.